The number of imidazole rings is 1. The summed E-state index contributed by atoms with van der Waals surface area (Å²) in [6.45, 7) is 1.06. The van der Waals surface area contributed by atoms with Gasteiger partial charge >= 0.3 is 0 Å². The van der Waals surface area contributed by atoms with Gasteiger partial charge in [-0.25, -0.2) is 9.97 Å². The Morgan fingerprint density at radius 2 is 2.10 bits per heavy atom. The average Bonchev–Trinajstić information content (AvgIpc) is 3.17. The van der Waals surface area contributed by atoms with Gasteiger partial charge in [0.25, 0.3) is 0 Å². The predicted octanol–water partition coefficient (Wildman–Crippen LogP) is 3.21. The third-order valence-electron chi connectivity index (χ3n) is 3.77. The van der Waals surface area contributed by atoms with Crippen LogP contribution in [-0.4, -0.2) is 26.5 Å². The lowest BCUT2D eigenvalue weighted by Gasteiger charge is -2.05. The number of aromatic nitrogens is 4. The van der Waals surface area contributed by atoms with Crippen LogP contribution in [0.5, 0.6) is 0 Å². The van der Waals surface area contributed by atoms with Gasteiger partial charge in [0.05, 0.1) is 35.2 Å². The van der Waals surface area contributed by atoms with Gasteiger partial charge in [-0.2, -0.15) is 0 Å². The van der Waals surface area contributed by atoms with Gasteiger partial charge in [0.1, 0.15) is 11.5 Å². The Kier molecular flexibility index (Phi) is 3.20. The number of fused-ring (bicyclic) bond motifs is 1. The Hall–Kier alpha value is -1.79. The first-order valence-electron chi connectivity index (χ1n) is 7.00. The fourth-order valence-corrected chi connectivity index (χ4v) is 3.02. The van der Waals surface area contributed by atoms with Crippen molar-refractivity contribution in [3.63, 3.8) is 0 Å². The number of aromatic amines is 1. The van der Waals surface area contributed by atoms with E-state index in [1.165, 1.54) is 6.42 Å². The maximum Gasteiger partial charge on any atom is 0.123 e. The molecule has 1 fully saturated rings. The average molecular weight is 344 g/mol. The van der Waals surface area contributed by atoms with E-state index in [9.17, 15) is 0 Å². The second-order valence-electron chi connectivity index (χ2n) is 5.22. The van der Waals surface area contributed by atoms with Crippen molar-refractivity contribution in [3.05, 3.63) is 40.9 Å². The van der Waals surface area contributed by atoms with Crippen LogP contribution in [0.2, 0.25) is 0 Å². The zero-order valence-corrected chi connectivity index (χ0v) is 12.9. The van der Waals surface area contributed by atoms with Crippen molar-refractivity contribution >= 4 is 27.0 Å². The van der Waals surface area contributed by atoms with Crippen LogP contribution in [0, 0.1) is 0 Å². The molecule has 0 unspecified atom stereocenters. The van der Waals surface area contributed by atoms with Gasteiger partial charge in [0.2, 0.25) is 0 Å². The molecule has 2 aromatic heterocycles. The van der Waals surface area contributed by atoms with Crippen LogP contribution >= 0.6 is 15.9 Å². The fourth-order valence-electron chi connectivity index (χ4n) is 2.68. The second-order valence-corrected chi connectivity index (χ2v) is 6.14. The zero-order chi connectivity index (χ0) is 14.2. The molecule has 6 heteroatoms. The van der Waals surface area contributed by atoms with Crippen molar-refractivity contribution in [3.8, 4) is 11.4 Å². The minimum absolute atomic E-state index is 0.336. The van der Waals surface area contributed by atoms with Crippen molar-refractivity contribution in [1.82, 2.24) is 25.3 Å². The number of nitrogens with one attached hydrogen (secondary N) is 2. The monoisotopic (exact) mass is 343 g/mol. The molecule has 2 N–H and O–H groups in total. The zero-order valence-electron chi connectivity index (χ0n) is 11.3. The van der Waals surface area contributed by atoms with Crippen molar-refractivity contribution < 1.29 is 0 Å². The normalized spacial score (nSPS) is 18.4. The van der Waals surface area contributed by atoms with Gasteiger partial charge in [0, 0.05) is 4.47 Å². The molecule has 1 saturated heterocycles. The van der Waals surface area contributed by atoms with Crippen molar-refractivity contribution in [1.29, 1.82) is 0 Å². The largest absolute Gasteiger partial charge is 0.339 e. The molecule has 5 nitrogen and oxygen atoms in total. The Labute approximate surface area is 130 Å². The van der Waals surface area contributed by atoms with Gasteiger partial charge in [-0.15, -0.1) is 0 Å². The van der Waals surface area contributed by atoms with Gasteiger partial charge in [-0.05, 0) is 37.6 Å². The van der Waals surface area contributed by atoms with Gasteiger partial charge in [0.15, 0.2) is 0 Å². The smallest absolute Gasteiger partial charge is 0.123 e. The molecule has 1 atom stereocenters. The van der Waals surface area contributed by atoms with E-state index in [0.717, 1.165) is 45.7 Å². The van der Waals surface area contributed by atoms with Gasteiger partial charge in [-0.3, -0.25) is 4.98 Å². The Morgan fingerprint density at radius 1 is 1.14 bits per heavy atom. The number of benzene rings is 1. The third kappa shape index (κ3) is 2.45. The molecule has 0 saturated carbocycles. The molecule has 0 aliphatic carbocycles. The molecule has 3 aromatic rings. The summed E-state index contributed by atoms with van der Waals surface area (Å²) in [6, 6.07) is 6.24. The minimum Gasteiger partial charge on any atom is -0.339 e. The molecule has 0 amide bonds. The van der Waals surface area contributed by atoms with E-state index in [0.29, 0.717) is 6.04 Å². The van der Waals surface area contributed by atoms with E-state index in [4.69, 9.17) is 0 Å². The summed E-state index contributed by atoms with van der Waals surface area (Å²) in [5.41, 5.74) is 3.49. The summed E-state index contributed by atoms with van der Waals surface area (Å²) >= 11 is 3.45. The van der Waals surface area contributed by atoms with E-state index in [1.54, 1.807) is 6.20 Å². The van der Waals surface area contributed by atoms with E-state index in [1.807, 2.05) is 24.4 Å². The summed E-state index contributed by atoms with van der Waals surface area (Å²) < 4.78 is 1.01. The second kappa shape index (κ2) is 5.20. The minimum atomic E-state index is 0.336. The SMILES string of the molecule is Brc1ccc2nc(-c3cnc([C@@H]4CCCN4)[nH]3)cnc2c1. The molecule has 0 bridgehead atoms. The van der Waals surface area contributed by atoms with Gasteiger partial charge in [-0.1, -0.05) is 15.9 Å². The Balaban J connectivity index is 1.71. The first kappa shape index (κ1) is 12.9. The van der Waals surface area contributed by atoms with Crippen molar-refractivity contribution in [2.24, 2.45) is 0 Å². The predicted molar refractivity (Wildman–Crippen MR) is 84.8 cm³/mol. The molecule has 106 valence electrons. The number of rotatable bonds is 2. The topological polar surface area (TPSA) is 66.5 Å². The number of hydrogen-bond acceptors (Lipinski definition) is 4. The summed E-state index contributed by atoms with van der Waals surface area (Å²) in [4.78, 5) is 17.0. The number of nitrogens with zero attached hydrogens (tertiary/aromatic N) is 3. The lowest BCUT2D eigenvalue weighted by atomic mass is 10.2. The Bertz CT molecular complexity index is 792. The summed E-state index contributed by atoms with van der Waals surface area (Å²) in [7, 11) is 0. The Morgan fingerprint density at radius 3 is 2.95 bits per heavy atom. The van der Waals surface area contributed by atoms with E-state index >= 15 is 0 Å². The number of halogens is 1. The summed E-state index contributed by atoms with van der Waals surface area (Å²) in [5, 5.41) is 3.44. The standard InChI is InChI=1S/C15H14BrN5/c16-9-3-4-10-12(6-9)18-7-13(20-10)14-8-19-15(21-14)11-2-1-5-17-11/h3-4,6-8,11,17H,1-2,5H2,(H,19,21)/t11-/m0/s1. The third-order valence-corrected chi connectivity index (χ3v) is 4.26. The molecular weight excluding hydrogens is 330 g/mol. The summed E-state index contributed by atoms with van der Waals surface area (Å²) in [5.74, 6) is 0.986. The summed E-state index contributed by atoms with van der Waals surface area (Å²) in [6.07, 6.45) is 5.95. The van der Waals surface area contributed by atoms with Crippen LogP contribution < -0.4 is 5.32 Å². The highest BCUT2D eigenvalue weighted by Crippen LogP contribution is 2.24. The lowest BCUT2D eigenvalue weighted by Crippen LogP contribution is -2.14. The van der Waals surface area contributed by atoms with E-state index < -0.39 is 0 Å². The lowest BCUT2D eigenvalue weighted by molar-refractivity contribution is 0.613. The molecule has 4 rings (SSSR count). The molecule has 1 aromatic carbocycles. The van der Waals surface area contributed by atoms with E-state index in [2.05, 4.69) is 41.2 Å². The molecule has 1 aliphatic rings. The van der Waals surface area contributed by atoms with Crippen LogP contribution in [0.3, 0.4) is 0 Å². The number of H-pyrrole nitrogens is 1. The van der Waals surface area contributed by atoms with Crippen molar-refractivity contribution in [2.75, 3.05) is 6.54 Å². The maximum atomic E-state index is 4.65. The maximum absolute atomic E-state index is 4.65. The van der Waals surface area contributed by atoms with Gasteiger partial charge < -0.3 is 10.3 Å². The molecular formula is C15H14BrN5. The molecule has 21 heavy (non-hydrogen) atoms. The quantitative estimate of drug-likeness (QED) is 0.749. The first-order valence-corrected chi connectivity index (χ1v) is 7.80. The first-order chi connectivity index (χ1) is 10.3. The van der Waals surface area contributed by atoms with Crippen LogP contribution in [0.25, 0.3) is 22.4 Å². The van der Waals surface area contributed by atoms with Crippen LogP contribution in [0.4, 0.5) is 0 Å². The van der Waals surface area contributed by atoms with Crippen LogP contribution in [0.15, 0.2) is 35.1 Å². The van der Waals surface area contributed by atoms with Crippen LogP contribution in [0.1, 0.15) is 24.7 Å². The van der Waals surface area contributed by atoms with Crippen molar-refractivity contribution in [2.45, 2.75) is 18.9 Å². The molecule has 3 heterocycles. The highest BCUT2D eigenvalue weighted by atomic mass is 79.9. The molecule has 1 aliphatic heterocycles. The molecule has 0 radical (unpaired) electrons. The van der Waals surface area contributed by atoms with E-state index in [-0.39, 0.29) is 0 Å². The molecule has 0 spiro atoms. The fraction of sp³-hybridized carbons (Fsp3) is 0.267. The highest BCUT2D eigenvalue weighted by molar-refractivity contribution is 9.10. The van der Waals surface area contributed by atoms with Crippen LogP contribution in [-0.2, 0) is 0 Å². The number of hydrogen-bond donors (Lipinski definition) is 2. The highest BCUT2D eigenvalue weighted by Gasteiger charge is 2.19.